The number of hydrogen-bond donors (Lipinski definition) is 1. The van der Waals surface area contributed by atoms with Crippen molar-refractivity contribution in [2.24, 2.45) is 0 Å². The van der Waals surface area contributed by atoms with Crippen LogP contribution in [0.2, 0.25) is 0 Å². The van der Waals surface area contributed by atoms with Crippen molar-refractivity contribution in [3.63, 3.8) is 0 Å². The molecule has 0 spiro atoms. The molecule has 1 aliphatic rings. The van der Waals surface area contributed by atoms with Crippen LogP contribution in [0.3, 0.4) is 0 Å². The van der Waals surface area contributed by atoms with E-state index >= 15 is 0 Å². The Kier molecular flexibility index (Phi) is 3.81. The van der Waals surface area contributed by atoms with Gasteiger partial charge in [-0.1, -0.05) is 12.1 Å². The molecule has 1 aromatic carbocycles. The number of anilines is 2. The molecule has 0 aliphatic carbocycles. The number of nitrogens with zero attached hydrogens (tertiary/aromatic N) is 2. The largest absolute Gasteiger partial charge is 0.379 e. The Morgan fingerprint density at radius 2 is 1.61 bits per heavy atom. The van der Waals surface area contributed by atoms with E-state index < -0.39 is 0 Å². The first-order valence-corrected chi connectivity index (χ1v) is 6.76. The number of likely N-dealkylation sites (N-methyl/N-ethyl adjacent to an activating group) is 1. The molecule has 0 saturated carbocycles. The molecule has 2 rings (SSSR count). The molecule has 0 atom stereocenters. The molecule has 0 radical (unpaired) electrons. The van der Waals surface area contributed by atoms with E-state index in [9.17, 15) is 0 Å². The fourth-order valence-electron chi connectivity index (χ4n) is 2.31. The van der Waals surface area contributed by atoms with Crippen molar-refractivity contribution in [3.05, 3.63) is 24.3 Å². The van der Waals surface area contributed by atoms with E-state index in [0.717, 1.165) is 26.2 Å². The standard InChI is InChI=1S/C15H25N3/c1-15(2,3)16-13-7-5-6-8-14(13)18-11-9-17(4)10-12-18/h5-8,16H,9-12H2,1-4H3. The van der Waals surface area contributed by atoms with Gasteiger partial charge in [0.1, 0.15) is 0 Å². The lowest BCUT2D eigenvalue weighted by atomic mass is 10.1. The quantitative estimate of drug-likeness (QED) is 0.867. The van der Waals surface area contributed by atoms with Crippen LogP contribution in [-0.2, 0) is 0 Å². The second-order valence-corrected chi connectivity index (χ2v) is 6.18. The van der Waals surface area contributed by atoms with Crippen LogP contribution in [0.4, 0.5) is 11.4 Å². The van der Waals surface area contributed by atoms with Gasteiger partial charge in [-0.15, -0.1) is 0 Å². The monoisotopic (exact) mass is 247 g/mol. The van der Waals surface area contributed by atoms with E-state index in [0.29, 0.717) is 0 Å². The first kappa shape index (κ1) is 13.2. The summed E-state index contributed by atoms with van der Waals surface area (Å²) in [6.07, 6.45) is 0. The average Bonchev–Trinajstić information content (AvgIpc) is 2.29. The number of nitrogens with one attached hydrogen (secondary N) is 1. The van der Waals surface area contributed by atoms with E-state index in [1.54, 1.807) is 0 Å². The SMILES string of the molecule is CN1CCN(c2ccccc2NC(C)(C)C)CC1. The van der Waals surface area contributed by atoms with E-state index in [1.807, 2.05) is 0 Å². The summed E-state index contributed by atoms with van der Waals surface area (Å²) in [5.41, 5.74) is 2.68. The third-order valence-electron chi connectivity index (χ3n) is 3.26. The van der Waals surface area contributed by atoms with Gasteiger partial charge in [-0.25, -0.2) is 0 Å². The van der Waals surface area contributed by atoms with E-state index in [1.165, 1.54) is 11.4 Å². The first-order chi connectivity index (χ1) is 8.46. The summed E-state index contributed by atoms with van der Waals surface area (Å²) < 4.78 is 0. The first-order valence-electron chi connectivity index (χ1n) is 6.76. The summed E-state index contributed by atoms with van der Waals surface area (Å²) in [4.78, 5) is 4.87. The molecule has 0 bridgehead atoms. The molecule has 3 nitrogen and oxygen atoms in total. The minimum Gasteiger partial charge on any atom is -0.379 e. The fraction of sp³-hybridized carbons (Fsp3) is 0.600. The second-order valence-electron chi connectivity index (χ2n) is 6.18. The van der Waals surface area contributed by atoms with Crippen molar-refractivity contribution in [1.29, 1.82) is 0 Å². The zero-order valence-corrected chi connectivity index (χ0v) is 12.0. The maximum Gasteiger partial charge on any atom is 0.0603 e. The Labute approximate surface area is 111 Å². The van der Waals surface area contributed by atoms with Gasteiger partial charge in [0.05, 0.1) is 11.4 Å². The smallest absolute Gasteiger partial charge is 0.0603 e. The highest BCUT2D eigenvalue weighted by molar-refractivity contribution is 5.70. The molecular formula is C15H25N3. The van der Waals surface area contributed by atoms with Gasteiger partial charge in [-0.3, -0.25) is 0 Å². The van der Waals surface area contributed by atoms with Gasteiger partial charge in [0.2, 0.25) is 0 Å². The molecule has 0 amide bonds. The molecular weight excluding hydrogens is 222 g/mol. The molecule has 100 valence electrons. The summed E-state index contributed by atoms with van der Waals surface area (Å²) in [5.74, 6) is 0. The number of piperazine rings is 1. The van der Waals surface area contributed by atoms with Crippen LogP contribution in [0.15, 0.2) is 24.3 Å². The normalized spacial score (nSPS) is 17.9. The Morgan fingerprint density at radius 3 is 2.22 bits per heavy atom. The van der Waals surface area contributed by atoms with Crippen molar-refractivity contribution >= 4 is 11.4 Å². The van der Waals surface area contributed by atoms with Crippen LogP contribution in [0.5, 0.6) is 0 Å². The van der Waals surface area contributed by atoms with E-state index in [4.69, 9.17) is 0 Å². The molecule has 3 heteroatoms. The number of rotatable bonds is 2. The van der Waals surface area contributed by atoms with Gasteiger partial charge in [0.25, 0.3) is 0 Å². The van der Waals surface area contributed by atoms with Gasteiger partial charge in [-0.2, -0.15) is 0 Å². The predicted octanol–water partition coefficient (Wildman–Crippen LogP) is 2.65. The molecule has 1 heterocycles. The molecule has 18 heavy (non-hydrogen) atoms. The van der Waals surface area contributed by atoms with Gasteiger partial charge >= 0.3 is 0 Å². The third kappa shape index (κ3) is 3.39. The van der Waals surface area contributed by atoms with Crippen LogP contribution < -0.4 is 10.2 Å². The highest BCUT2D eigenvalue weighted by Crippen LogP contribution is 2.28. The molecule has 1 aliphatic heterocycles. The van der Waals surface area contributed by atoms with Crippen LogP contribution in [0.1, 0.15) is 20.8 Å². The van der Waals surface area contributed by atoms with Crippen molar-refractivity contribution in [1.82, 2.24) is 4.90 Å². The lowest BCUT2D eigenvalue weighted by molar-refractivity contribution is 0.313. The lowest BCUT2D eigenvalue weighted by Crippen LogP contribution is -2.45. The molecule has 1 saturated heterocycles. The van der Waals surface area contributed by atoms with Crippen LogP contribution in [0.25, 0.3) is 0 Å². The number of para-hydroxylation sites is 2. The number of benzene rings is 1. The average molecular weight is 247 g/mol. The van der Waals surface area contributed by atoms with E-state index in [-0.39, 0.29) is 5.54 Å². The predicted molar refractivity (Wildman–Crippen MR) is 79.5 cm³/mol. The fourth-order valence-corrected chi connectivity index (χ4v) is 2.31. The summed E-state index contributed by atoms with van der Waals surface area (Å²) in [5, 5.41) is 3.60. The Morgan fingerprint density at radius 1 is 1.00 bits per heavy atom. The third-order valence-corrected chi connectivity index (χ3v) is 3.26. The Bertz CT molecular complexity index is 387. The summed E-state index contributed by atoms with van der Waals surface area (Å²) >= 11 is 0. The van der Waals surface area contributed by atoms with Gasteiger partial charge < -0.3 is 15.1 Å². The zero-order valence-electron chi connectivity index (χ0n) is 12.0. The lowest BCUT2D eigenvalue weighted by Gasteiger charge is -2.36. The highest BCUT2D eigenvalue weighted by Gasteiger charge is 2.18. The molecule has 0 aromatic heterocycles. The number of hydrogen-bond acceptors (Lipinski definition) is 3. The van der Waals surface area contributed by atoms with E-state index in [2.05, 4.69) is 67.2 Å². The molecule has 1 aromatic rings. The summed E-state index contributed by atoms with van der Waals surface area (Å²) in [6, 6.07) is 8.63. The minimum atomic E-state index is 0.0999. The van der Waals surface area contributed by atoms with Gasteiger partial charge in [0, 0.05) is 31.7 Å². The molecule has 0 unspecified atom stereocenters. The van der Waals surface area contributed by atoms with Crippen LogP contribution >= 0.6 is 0 Å². The van der Waals surface area contributed by atoms with Crippen LogP contribution in [0, 0.1) is 0 Å². The van der Waals surface area contributed by atoms with Gasteiger partial charge in [-0.05, 0) is 40.0 Å². The molecule has 1 fully saturated rings. The zero-order chi connectivity index (χ0) is 13.2. The van der Waals surface area contributed by atoms with Crippen molar-refractivity contribution < 1.29 is 0 Å². The maximum absolute atomic E-state index is 3.60. The van der Waals surface area contributed by atoms with Crippen LogP contribution in [-0.4, -0.2) is 43.7 Å². The Balaban J connectivity index is 2.17. The van der Waals surface area contributed by atoms with Crippen molar-refractivity contribution in [2.75, 3.05) is 43.4 Å². The highest BCUT2D eigenvalue weighted by atomic mass is 15.3. The second kappa shape index (κ2) is 5.19. The summed E-state index contributed by atoms with van der Waals surface area (Å²) in [6.45, 7) is 11.1. The maximum atomic E-state index is 3.60. The Hall–Kier alpha value is -1.22. The van der Waals surface area contributed by atoms with Crippen molar-refractivity contribution in [2.45, 2.75) is 26.3 Å². The molecule has 1 N–H and O–H groups in total. The van der Waals surface area contributed by atoms with Crippen molar-refractivity contribution in [3.8, 4) is 0 Å². The topological polar surface area (TPSA) is 18.5 Å². The minimum absolute atomic E-state index is 0.0999. The summed E-state index contributed by atoms with van der Waals surface area (Å²) in [7, 11) is 2.19. The van der Waals surface area contributed by atoms with Gasteiger partial charge in [0.15, 0.2) is 0 Å².